The molecule has 1 unspecified atom stereocenters. The highest BCUT2D eigenvalue weighted by Crippen LogP contribution is 2.31. The van der Waals surface area contributed by atoms with E-state index >= 15 is 0 Å². The van der Waals surface area contributed by atoms with E-state index in [9.17, 15) is 24.0 Å². The van der Waals surface area contributed by atoms with E-state index in [1.165, 1.54) is 83.9 Å². The van der Waals surface area contributed by atoms with Crippen LogP contribution in [0.15, 0.2) is 12.3 Å². The highest BCUT2D eigenvalue weighted by Gasteiger charge is 2.54. The zero-order valence-electron chi connectivity index (χ0n) is 26.3. The summed E-state index contributed by atoms with van der Waals surface area (Å²) in [5.41, 5.74) is 4.57. The summed E-state index contributed by atoms with van der Waals surface area (Å²) in [5.74, 6) is -2.30. The van der Waals surface area contributed by atoms with Gasteiger partial charge in [0.2, 0.25) is 0 Å². The number of carbonyl (C=O) groups excluding carboxylic acids is 5. The van der Waals surface area contributed by atoms with Crippen LogP contribution in [0.1, 0.15) is 118 Å². The summed E-state index contributed by atoms with van der Waals surface area (Å²) >= 11 is 0. The fraction of sp³-hybridized carbons (Fsp3) is 0.774. The van der Waals surface area contributed by atoms with Crippen molar-refractivity contribution in [3.63, 3.8) is 0 Å². The second-order valence-electron chi connectivity index (χ2n) is 11.5. The van der Waals surface area contributed by atoms with Gasteiger partial charge in [0.05, 0.1) is 0 Å². The summed E-state index contributed by atoms with van der Waals surface area (Å²) in [5, 5.41) is 2.53. The molecule has 2 rings (SSSR count). The molecule has 2 aliphatic rings. The van der Waals surface area contributed by atoms with Crippen LogP contribution in [0.2, 0.25) is 0 Å². The fourth-order valence-electron chi connectivity index (χ4n) is 5.34. The van der Waals surface area contributed by atoms with E-state index < -0.39 is 54.1 Å². The van der Waals surface area contributed by atoms with E-state index in [1.807, 2.05) is 0 Å². The zero-order valence-corrected chi connectivity index (χ0v) is 26.3. The van der Waals surface area contributed by atoms with Gasteiger partial charge in [-0.2, -0.15) is 0 Å². The third-order valence-electron chi connectivity index (χ3n) is 7.63. The Hall–Kier alpha value is -2.99. The second kappa shape index (κ2) is 18.6. The predicted octanol–water partition coefficient (Wildman–Crippen LogP) is 4.38. The van der Waals surface area contributed by atoms with Crippen LogP contribution in [0.4, 0.5) is 4.79 Å². The number of nitrogens with zero attached hydrogens (tertiary/aromatic N) is 1. The summed E-state index contributed by atoms with van der Waals surface area (Å²) in [6.07, 6.45) is 13.7. The number of amides is 2. The lowest BCUT2D eigenvalue weighted by Crippen LogP contribution is -2.66. The van der Waals surface area contributed by atoms with Crippen molar-refractivity contribution in [3.05, 3.63) is 12.3 Å². The molecule has 5 atom stereocenters. The smallest absolute Gasteiger partial charge is 0.325 e. The number of ether oxygens (including phenoxy) is 4. The first-order valence-corrected chi connectivity index (χ1v) is 15.7. The van der Waals surface area contributed by atoms with Crippen molar-refractivity contribution in [1.82, 2.24) is 10.2 Å². The van der Waals surface area contributed by atoms with E-state index in [0.717, 1.165) is 31.1 Å². The highest BCUT2D eigenvalue weighted by molar-refractivity contribution is 5.95. The van der Waals surface area contributed by atoms with Gasteiger partial charge in [-0.1, -0.05) is 84.0 Å². The molecule has 0 aromatic rings. The maximum absolute atomic E-state index is 13.1. The van der Waals surface area contributed by atoms with E-state index in [1.54, 1.807) is 0 Å². The number of esters is 3. The summed E-state index contributed by atoms with van der Waals surface area (Å²) in [4.78, 5) is 62.2. The van der Waals surface area contributed by atoms with Gasteiger partial charge < -0.3 is 24.3 Å². The van der Waals surface area contributed by atoms with Crippen molar-refractivity contribution in [2.75, 3.05) is 6.61 Å². The quantitative estimate of drug-likeness (QED) is 0.115. The molecule has 43 heavy (non-hydrogen) atoms. The monoisotopic (exact) mass is 609 g/mol. The summed E-state index contributed by atoms with van der Waals surface area (Å²) in [7, 11) is 0. The van der Waals surface area contributed by atoms with Gasteiger partial charge in [0, 0.05) is 33.4 Å². The summed E-state index contributed by atoms with van der Waals surface area (Å²) in [6.45, 7) is 5.45. The molecule has 1 saturated heterocycles. The molecule has 3 N–H and O–H groups in total. The van der Waals surface area contributed by atoms with E-state index in [-0.39, 0.29) is 18.8 Å². The average molecular weight is 610 g/mol. The van der Waals surface area contributed by atoms with Crippen molar-refractivity contribution in [3.8, 4) is 0 Å². The number of nitrogens with one attached hydrogen (secondary N) is 1. The van der Waals surface area contributed by atoms with Gasteiger partial charge in [0.15, 0.2) is 29.9 Å². The van der Waals surface area contributed by atoms with Gasteiger partial charge in [0.25, 0.3) is 0 Å². The van der Waals surface area contributed by atoms with Crippen molar-refractivity contribution in [2.45, 2.75) is 148 Å². The molecule has 2 amide bonds. The molecule has 0 bridgehead atoms. The van der Waals surface area contributed by atoms with Gasteiger partial charge in [-0.25, -0.2) is 4.79 Å². The Kier molecular flexibility index (Phi) is 15.7. The summed E-state index contributed by atoms with van der Waals surface area (Å²) in [6, 6.07) is -0.763. The molecule has 2 heterocycles. The van der Waals surface area contributed by atoms with Gasteiger partial charge >= 0.3 is 23.9 Å². The van der Waals surface area contributed by atoms with Crippen molar-refractivity contribution in [2.24, 2.45) is 5.73 Å². The van der Waals surface area contributed by atoms with E-state index in [4.69, 9.17) is 24.7 Å². The zero-order chi connectivity index (χ0) is 31.8. The normalized spacial score (nSPS) is 24.9. The number of nitrogens with two attached hydrogens (primary N) is 1. The first kappa shape index (κ1) is 36.2. The maximum atomic E-state index is 13.1. The minimum Gasteiger partial charge on any atom is -0.463 e. The fourth-order valence-corrected chi connectivity index (χ4v) is 5.34. The lowest BCUT2D eigenvalue weighted by molar-refractivity contribution is -0.166. The number of hydrogen-bond donors (Lipinski definition) is 2. The number of Topliss-reactive ketones (excluding diaryl/α,β-unsaturated/α-hetero) is 1. The molecule has 0 aromatic carbocycles. The number of carbonyl (C=O) groups is 5. The Bertz CT molecular complexity index is 972. The van der Waals surface area contributed by atoms with E-state index in [2.05, 4.69) is 12.2 Å². The standard InChI is InChI=1S/C31H51N3O9/c1-5-6-7-8-9-10-11-12-13-14-15-16-17-18-26(38)31(32)19-20-34(30(39)33-31)29-28(42-24(4)37)27(41-23(3)36)25(43-29)21-40-22(2)35/h19-20,25,27-29H,5-18,21,32H2,1-4H3,(H,33,39)/t25-,27-,28-,29-,31?/m1/s1. The Morgan fingerprint density at radius 3 is 1.84 bits per heavy atom. The molecule has 1 fully saturated rings. The van der Waals surface area contributed by atoms with Crippen LogP contribution in [0.25, 0.3) is 0 Å². The third kappa shape index (κ3) is 12.3. The number of unbranched alkanes of at least 4 members (excludes halogenated alkanes) is 12. The Labute approximate surface area is 255 Å². The largest absolute Gasteiger partial charge is 0.463 e. The van der Waals surface area contributed by atoms with Crippen LogP contribution in [-0.4, -0.2) is 71.4 Å². The molecule has 0 saturated carbocycles. The molecule has 12 heteroatoms. The number of urea groups is 1. The second-order valence-corrected chi connectivity index (χ2v) is 11.5. The molecule has 12 nitrogen and oxygen atoms in total. The van der Waals surface area contributed by atoms with Crippen LogP contribution >= 0.6 is 0 Å². The van der Waals surface area contributed by atoms with Gasteiger partial charge in [-0.3, -0.25) is 29.8 Å². The van der Waals surface area contributed by atoms with Gasteiger partial charge in [0.1, 0.15) is 12.7 Å². The molecule has 2 aliphatic heterocycles. The number of rotatable bonds is 20. The first-order valence-electron chi connectivity index (χ1n) is 15.7. The van der Waals surface area contributed by atoms with Crippen molar-refractivity contribution < 1.29 is 42.9 Å². The SMILES string of the molecule is CCCCCCCCCCCCCCCC(=O)C1(N)C=CN([C@@H]2O[C@H](COC(C)=O)[C@@H](OC(C)=O)[C@H]2OC(C)=O)C(=O)N1. The molecule has 0 aromatic heterocycles. The Morgan fingerprint density at radius 1 is 0.837 bits per heavy atom. The number of hydrogen-bond acceptors (Lipinski definition) is 10. The molecule has 0 aliphatic carbocycles. The molecular weight excluding hydrogens is 558 g/mol. The molecule has 244 valence electrons. The Morgan fingerprint density at radius 2 is 1.35 bits per heavy atom. The number of ketones is 1. The van der Waals surface area contributed by atoms with Gasteiger partial charge in [-0.15, -0.1) is 0 Å². The van der Waals surface area contributed by atoms with Gasteiger partial charge in [-0.05, 0) is 12.5 Å². The molecule has 0 radical (unpaired) electrons. The summed E-state index contributed by atoms with van der Waals surface area (Å²) < 4.78 is 21.6. The molecule has 0 spiro atoms. The minimum atomic E-state index is -1.70. The average Bonchev–Trinajstić information content (AvgIpc) is 3.25. The molecular formula is C31H51N3O9. The predicted molar refractivity (Wildman–Crippen MR) is 158 cm³/mol. The maximum Gasteiger partial charge on any atom is 0.325 e. The van der Waals surface area contributed by atoms with Crippen molar-refractivity contribution >= 4 is 29.7 Å². The first-order chi connectivity index (χ1) is 20.5. The van der Waals surface area contributed by atoms with Crippen molar-refractivity contribution in [1.29, 1.82) is 0 Å². The topological polar surface area (TPSA) is 164 Å². The highest BCUT2D eigenvalue weighted by atomic mass is 16.7. The van der Waals surface area contributed by atoms with E-state index in [0.29, 0.717) is 6.42 Å². The Balaban J connectivity index is 1.87. The minimum absolute atomic E-state index is 0.216. The lowest BCUT2D eigenvalue weighted by Gasteiger charge is -2.37. The van der Waals surface area contributed by atoms with Crippen LogP contribution in [0.5, 0.6) is 0 Å². The third-order valence-corrected chi connectivity index (χ3v) is 7.63. The van der Waals surface area contributed by atoms with Crippen LogP contribution in [-0.2, 0) is 38.1 Å². The van der Waals surface area contributed by atoms with Crippen LogP contribution < -0.4 is 11.1 Å². The van der Waals surface area contributed by atoms with Crippen LogP contribution in [0, 0.1) is 0 Å². The van der Waals surface area contributed by atoms with Crippen LogP contribution in [0.3, 0.4) is 0 Å². The lowest BCUT2D eigenvalue weighted by atomic mass is 9.98.